The second kappa shape index (κ2) is 8.47. The fraction of sp³-hybridized carbons (Fsp3) is 0.778. The van der Waals surface area contributed by atoms with E-state index in [0.717, 1.165) is 51.9 Å². The molecule has 2 aliphatic heterocycles. The van der Waals surface area contributed by atoms with E-state index in [9.17, 15) is 4.79 Å². The van der Waals surface area contributed by atoms with Crippen LogP contribution in [0.1, 0.15) is 70.2 Å². The van der Waals surface area contributed by atoms with E-state index >= 15 is 0 Å². The van der Waals surface area contributed by atoms with Crippen molar-refractivity contribution in [2.24, 2.45) is 5.92 Å². The van der Waals surface area contributed by atoms with E-state index in [-0.39, 0.29) is 0 Å². The zero-order valence-electron chi connectivity index (χ0n) is 14.3. The first-order chi connectivity index (χ1) is 10.7. The van der Waals surface area contributed by atoms with Crippen LogP contribution in [-0.4, -0.2) is 28.8 Å². The molecule has 0 saturated carbocycles. The van der Waals surface area contributed by atoms with Crippen molar-refractivity contribution in [3.63, 3.8) is 0 Å². The smallest absolute Gasteiger partial charge is 0.133 e. The van der Waals surface area contributed by atoms with Gasteiger partial charge in [0.2, 0.25) is 0 Å². The molecule has 4 nitrogen and oxygen atoms in total. The van der Waals surface area contributed by atoms with Gasteiger partial charge in [-0.1, -0.05) is 20.8 Å². The minimum atomic E-state index is 0.408. The highest BCUT2D eigenvalue weighted by atomic mass is 16.5. The van der Waals surface area contributed by atoms with Gasteiger partial charge in [-0.2, -0.15) is 5.10 Å². The average molecular weight is 306 g/mol. The fourth-order valence-corrected chi connectivity index (χ4v) is 3.28. The molecule has 124 valence electrons. The predicted molar refractivity (Wildman–Crippen MR) is 88.1 cm³/mol. The Hall–Kier alpha value is -1.16. The lowest BCUT2D eigenvalue weighted by Gasteiger charge is -2.11. The van der Waals surface area contributed by atoms with Crippen molar-refractivity contribution in [1.29, 1.82) is 0 Å². The van der Waals surface area contributed by atoms with Crippen molar-refractivity contribution >= 4 is 5.78 Å². The molecule has 4 heteroatoms. The molecule has 0 N–H and O–H groups in total. The Balaban J connectivity index is 0.000000847. The van der Waals surface area contributed by atoms with Crippen LogP contribution in [0.5, 0.6) is 0 Å². The Morgan fingerprint density at radius 2 is 2.14 bits per heavy atom. The Kier molecular flexibility index (Phi) is 6.62. The molecule has 1 fully saturated rings. The third-order valence-electron chi connectivity index (χ3n) is 4.57. The number of fused-ring (bicyclic) bond motifs is 1. The molecule has 0 aromatic carbocycles. The number of ketones is 1. The molecule has 3 heterocycles. The fourth-order valence-electron chi connectivity index (χ4n) is 3.28. The van der Waals surface area contributed by atoms with E-state index in [4.69, 9.17) is 9.84 Å². The maximum absolute atomic E-state index is 11.7. The summed E-state index contributed by atoms with van der Waals surface area (Å²) in [6.07, 6.45) is 5.50. The number of rotatable bonds is 2. The Morgan fingerprint density at radius 3 is 2.86 bits per heavy atom. The van der Waals surface area contributed by atoms with E-state index < -0.39 is 0 Å². The summed E-state index contributed by atoms with van der Waals surface area (Å²) in [5.74, 6) is 1.47. The normalized spacial score (nSPS) is 25.5. The molecule has 1 aromatic rings. The minimum Gasteiger partial charge on any atom is -0.381 e. The summed E-state index contributed by atoms with van der Waals surface area (Å²) in [5.41, 5.74) is 2.52. The van der Waals surface area contributed by atoms with E-state index in [1.165, 1.54) is 11.4 Å². The van der Waals surface area contributed by atoms with Gasteiger partial charge in [0, 0.05) is 38.3 Å². The first-order valence-corrected chi connectivity index (χ1v) is 8.88. The van der Waals surface area contributed by atoms with Crippen LogP contribution in [0.4, 0.5) is 0 Å². The maximum Gasteiger partial charge on any atom is 0.133 e. The van der Waals surface area contributed by atoms with Crippen LogP contribution < -0.4 is 0 Å². The highest BCUT2D eigenvalue weighted by Gasteiger charge is 2.21. The maximum atomic E-state index is 11.7. The molecule has 22 heavy (non-hydrogen) atoms. The number of hydrogen-bond donors (Lipinski definition) is 0. The molecule has 1 saturated heterocycles. The van der Waals surface area contributed by atoms with Gasteiger partial charge in [-0.15, -0.1) is 0 Å². The minimum absolute atomic E-state index is 0.408. The van der Waals surface area contributed by atoms with Crippen molar-refractivity contribution in [2.75, 3.05) is 13.2 Å². The topological polar surface area (TPSA) is 44.1 Å². The van der Waals surface area contributed by atoms with Gasteiger partial charge in [-0.3, -0.25) is 9.48 Å². The van der Waals surface area contributed by atoms with Gasteiger partial charge >= 0.3 is 0 Å². The number of aryl methyl sites for hydroxylation is 1. The van der Waals surface area contributed by atoms with Gasteiger partial charge in [0.1, 0.15) is 5.78 Å². The Bertz CT molecular complexity index is 475. The van der Waals surface area contributed by atoms with Gasteiger partial charge in [-0.05, 0) is 43.6 Å². The highest BCUT2D eigenvalue weighted by Crippen LogP contribution is 2.26. The molecule has 0 aliphatic carbocycles. The summed E-state index contributed by atoms with van der Waals surface area (Å²) in [4.78, 5) is 11.7. The number of Topliss-reactive ketones (excluding diaryl/α,β-unsaturated/α-hetero) is 1. The van der Waals surface area contributed by atoms with E-state index in [1.54, 1.807) is 0 Å². The Labute approximate surface area is 134 Å². The van der Waals surface area contributed by atoms with E-state index in [0.29, 0.717) is 24.0 Å². The Morgan fingerprint density at radius 1 is 1.32 bits per heavy atom. The largest absolute Gasteiger partial charge is 0.381 e. The number of carbonyl (C=O) groups excluding carboxylic acids is 1. The third kappa shape index (κ3) is 4.42. The molecule has 2 unspecified atom stereocenters. The first-order valence-electron chi connectivity index (χ1n) is 8.88. The van der Waals surface area contributed by atoms with Crippen molar-refractivity contribution in [3.05, 3.63) is 17.5 Å². The van der Waals surface area contributed by atoms with Crippen LogP contribution in [0, 0.1) is 5.92 Å². The quantitative estimate of drug-likeness (QED) is 0.836. The standard InChI is InChI=1S/C16H24N2O2.C2H6/c1-12-4-5-15(19)3-2-7-18-16(12)10-14(17-18)9-13-6-8-20-11-13;1-2/h10,12-13H,2-9,11H2,1H3;1-2H3. The van der Waals surface area contributed by atoms with Gasteiger partial charge in [0.25, 0.3) is 0 Å². The number of ether oxygens (including phenoxy) is 1. The SMILES string of the molecule is CC.CC1CCC(=O)CCCn2nc(CC3CCOC3)cc21. The molecule has 0 bridgehead atoms. The molecule has 1 aromatic heterocycles. The molecule has 0 spiro atoms. The summed E-state index contributed by atoms with van der Waals surface area (Å²) >= 11 is 0. The second-order valence-electron chi connectivity index (χ2n) is 6.30. The number of hydrogen-bond acceptors (Lipinski definition) is 3. The summed E-state index contributed by atoms with van der Waals surface area (Å²) in [5, 5.41) is 4.78. The predicted octanol–water partition coefficient (Wildman–Crippen LogP) is 3.73. The van der Waals surface area contributed by atoms with Crippen molar-refractivity contribution in [2.45, 2.75) is 71.8 Å². The van der Waals surface area contributed by atoms with E-state index in [1.807, 2.05) is 13.8 Å². The third-order valence-corrected chi connectivity index (χ3v) is 4.57. The molecular weight excluding hydrogens is 276 g/mol. The average Bonchev–Trinajstić information content (AvgIpc) is 3.17. The molecule has 0 amide bonds. The van der Waals surface area contributed by atoms with Crippen LogP contribution in [0.15, 0.2) is 6.07 Å². The van der Waals surface area contributed by atoms with Gasteiger partial charge in [0.05, 0.1) is 5.69 Å². The van der Waals surface area contributed by atoms with Gasteiger partial charge in [-0.25, -0.2) is 0 Å². The lowest BCUT2D eigenvalue weighted by Crippen LogP contribution is -2.08. The van der Waals surface area contributed by atoms with Crippen molar-refractivity contribution in [1.82, 2.24) is 9.78 Å². The number of nitrogens with zero attached hydrogens (tertiary/aromatic N) is 2. The summed E-state index contributed by atoms with van der Waals surface area (Å²) in [7, 11) is 0. The lowest BCUT2D eigenvalue weighted by molar-refractivity contribution is -0.119. The van der Waals surface area contributed by atoms with Crippen LogP contribution in [0.2, 0.25) is 0 Å². The van der Waals surface area contributed by atoms with Crippen LogP contribution in [0.25, 0.3) is 0 Å². The van der Waals surface area contributed by atoms with Gasteiger partial charge in [0.15, 0.2) is 0 Å². The van der Waals surface area contributed by atoms with Crippen LogP contribution in [-0.2, 0) is 22.5 Å². The molecule has 2 aliphatic rings. The van der Waals surface area contributed by atoms with Crippen molar-refractivity contribution < 1.29 is 9.53 Å². The highest BCUT2D eigenvalue weighted by molar-refractivity contribution is 5.78. The zero-order valence-corrected chi connectivity index (χ0v) is 14.3. The number of aromatic nitrogens is 2. The second-order valence-corrected chi connectivity index (χ2v) is 6.30. The monoisotopic (exact) mass is 306 g/mol. The van der Waals surface area contributed by atoms with Gasteiger partial charge < -0.3 is 4.74 Å². The summed E-state index contributed by atoms with van der Waals surface area (Å²) < 4.78 is 7.60. The summed E-state index contributed by atoms with van der Waals surface area (Å²) in [6.45, 7) is 8.88. The molecular formula is C18H30N2O2. The van der Waals surface area contributed by atoms with Crippen LogP contribution in [0.3, 0.4) is 0 Å². The molecule has 3 rings (SSSR count). The molecule has 2 atom stereocenters. The van der Waals surface area contributed by atoms with Crippen molar-refractivity contribution in [3.8, 4) is 0 Å². The van der Waals surface area contributed by atoms with E-state index in [2.05, 4.69) is 17.7 Å². The number of carbonyl (C=O) groups is 1. The van der Waals surface area contributed by atoms with Crippen LogP contribution >= 0.6 is 0 Å². The first kappa shape index (κ1) is 17.2. The zero-order chi connectivity index (χ0) is 15.9. The summed E-state index contributed by atoms with van der Waals surface area (Å²) in [6, 6.07) is 2.26. The molecule has 0 radical (unpaired) electrons. The lowest BCUT2D eigenvalue weighted by atomic mass is 9.98.